The van der Waals surface area contributed by atoms with E-state index in [1.165, 1.54) is 0 Å². The van der Waals surface area contributed by atoms with Gasteiger partial charge in [0.15, 0.2) is 0 Å². The van der Waals surface area contributed by atoms with E-state index in [0.29, 0.717) is 5.54 Å². The second-order valence-corrected chi connectivity index (χ2v) is 8.40. The molecule has 74 valence electrons. The first-order valence-corrected chi connectivity index (χ1v) is 7.83. The van der Waals surface area contributed by atoms with E-state index >= 15 is 0 Å². The number of nitrogens with one attached hydrogen (secondary N) is 1. The van der Waals surface area contributed by atoms with Gasteiger partial charge in [-0.15, -0.1) is 0 Å². The Morgan fingerprint density at radius 3 is 2.46 bits per heavy atom. The maximum atomic E-state index is 5.02. The number of methoxy groups -OCH3 is 1. The van der Waals surface area contributed by atoms with Crippen molar-refractivity contribution in [3.63, 3.8) is 0 Å². The van der Waals surface area contributed by atoms with Gasteiger partial charge in [-0.3, -0.25) is 0 Å². The molecule has 0 amide bonds. The van der Waals surface area contributed by atoms with Gasteiger partial charge in [0.25, 0.3) is 0 Å². The fraction of sp³-hybridized carbons (Fsp3) is 0.600. The van der Waals surface area contributed by atoms with Crippen molar-refractivity contribution in [2.45, 2.75) is 18.6 Å². The van der Waals surface area contributed by atoms with Crippen LogP contribution < -0.4 is 4.98 Å². The van der Waals surface area contributed by atoms with Crippen molar-refractivity contribution in [3.8, 4) is 0 Å². The molecule has 0 radical (unpaired) electrons. The molecule has 0 saturated carbocycles. The SMILES string of the molecule is COCCN[Si](C)(C)C1C=CC=C1. The summed E-state index contributed by atoms with van der Waals surface area (Å²) in [5, 5.41) is 0. The van der Waals surface area contributed by atoms with E-state index in [4.69, 9.17) is 4.74 Å². The van der Waals surface area contributed by atoms with E-state index < -0.39 is 8.24 Å². The molecule has 1 rings (SSSR count). The minimum absolute atomic E-state index is 0.643. The first kappa shape index (κ1) is 10.7. The van der Waals surface area contributed by atoms with Crippen LogP contribution in [-0.4, -0.2) is 28.5 Å². The van der Waals surface area contributed by atoms with Crippen molar-refractivity contribution >= 4 is 8.24 Å². The summed E-state index contributed by atoms with van der Waals surface area (Å²) in [4.78, 5) is 3.61. The molecule has 3 heteroatoms. The van der Waals surface area contributed by atoms with Crippen LogP contribution in [0, 0.1) is 0 Å². The van der Waals surface area contributed by atoms with Gasteiger partial charge in [-0.05, 0) is 0 Å². The van der Waals surface area contributed by atoms with Crippen molar-refractivity contribution in [2.75, 3.05) is 20.3 Å². The van der Waals surface area contributed by atoms with Crippen LogP contribution in [0.1, 0.15) is 0 Å². The Kier molecular flexibility index (Phi) is 3.90. The third-order valence-corrected chi connectivity index (χ3v) is 5.68. The monoisotopic (exact) mass is 197 g/mol. The van der Waals surface area contributed by atoms with E-state index in [9.17, 15) is 0 Å². The molecule has 1 aliphatic carbocycles. The second-order valence-electron chi connectivity index (χ2n) is 3.94. The van der Waals surface area contributed by atoms with Crippen molar-refractivity contribution in [1.82, 2.24) is 4.98 Å². The molecule has 0 spiro atoms. The Balaban J connectivity index is 2.36. The summed E-state index contributed by atoms with van der Waals surface area (Å²) in [5.74, 6) is 0. The number of hydrogen-bond donors (Lipinski definition) is 1. The maximum absolute atomic E-state index is 5.02. The minimum Gasteiger partial charge on any atom is -0.383 e. The lowest BCUT2D eigenvalue weighted by molar-refractivity contribution is 0.204. The predicted octanol–water partition coefficient (Wildman–Crippen LogP) is 1.92. The van der Waals surface area contributed by atoms with Gasteiger partial charge in [-0.2, -0.15) is 0 Å². The van der Waals surface area contributed by atoms with Crippen LogP contribution in [0.5, 0.6) is 0 Å². The summed E-state index contributed by atoms with van der Waals surface area (Å²) in [5.41, 5.74) is 0.643. The van der Waals surface area contributed by atoms with Gasteiger partial charge >= 0.3 is 0 Å². The van der Waals surface area contributed by atoms with Crippen molar-refractivity contribution < 1.29 is 4.74 Å². The van der Waals surface area contributed by atoms with Gasteiger partial charge in [0.1, 0.15) is 8.24 Å². The Labute approximate surface area is 81.8 Å². The average Bonchev–Trinajstić information content (AvgIpc) is 2.56. The lowest BCUT2D eigenvalue weighted by Gasteiger charge is -2.28. The second kappa shape index (κ2) is 4.74. The van der Waals surface area contributed by atoms with Crippen molar-refractivity contribution in [2.24, 2.45) is 0 Å². The Morgan fingerprint density at radius 2 is 1.92 bits per heavy atom. The summed E-state index contributed by atoms with van der Waals surface area (Å²) in [6, 6.07) is 0. The molecule has 0 atom stereocenters. The van der Waals surface area contributed by atoms with Gasteiger partial charge in [0.2, 0.25) is 0 Å². The highest BCUT2D eigenvalue weighted by Gasteiger charge is 2.28. The normalized spacial score (nSPS) is 17.2. The molecule has 2 nitrogen and oxygen atoms in total. The van der Waals surface area contributed by atoms with Gasteiger partial charge in [0.05, 0.1) is 6.61 Å². The topological polar surface area (TPSA) is 21.3 Å². The van der Waals surface area contributed by atoms with E-state index in [-0.39, 0.29) is 0 Å². The van der Waals surface area contributed by atoms with Gasteiger partial charge in [-0.1, -0.05) is 37.4 Å². The van der Waals surface area contributed by atoms with Crippen LogP contribution in [0.2, 0.25) is 18.6 Å². The van der Waals surface area contributed by atoms with Gasteiger partial charge in [-0.25, -0.2) is 0 Å². The van der Waals surface area contributed by atoms with Crippen LogP contribution in [0.3, 0.4) is 0 Å². The third kappa shape index (κ3) is 3.10. The number of ether oxygens (including phenoxy) is 1. The zero-order valence-corrected chi connectivity index (χ0v) is 9.71. The minimum atomic E-state index is -1.31. The van der Waals surface area contributed by atoms with E-state index in [1.807, 2.05) is 0 Å². The Bertz CT molecular complexity index is 199. The third-order valence-electron chi connectivity index (χ3n) is 2.47. The van der Waals surface area contributed by atoms with E-state index in [0.717, 1.165) is 13.2 Å². The molecule has 0 fully saturated rings. The summed E-state index contributed by atoms with van der Waals surface area (Å²) < 4.78 is 5.02. The first-order chi connectivity index (χ1) is 6.17. The molecule has 13 heavy (non-hydrogen) atoms. The number of hydrogen-bond acceptors (Lipinski definition) is 2. The van der Waals surface area contributed by atoms with E-state index in [2.05, 4.69) is 42.4 Å². The van der Waals surface area contributed by atoms with Gasteiger partial charge in [0, 0.05) is 19.2 Å². The standard InChI is InChI=1S/C10H19NOSi/c1-12-9-8-11-13(2,3)10-6-4-5-7-10/h4-7,10-11H,8-9H2,1-3H3. The molecule has 0 bridgehead atoms. The highest BCUT2D eigenvalue weighted by atomic mass is 28.3. The lowest BCUT2D eigenvalue weighted by Crippen LogP contribution is -2.48. The summed E-state index contributed by atoms with van der Waals surface area (Å²) in [6.07, 6.45) is 8.84. The molecule has 0 saturated heterocycles. The molecule has 0 aromatic carbocycles. The highest BCUT2D eigenvalue weighted by Crippen LogP contribution is 2.25. The fourth-order valence-corrected chi connectivity index (χ4v) is 3.67. The maximum Gasteiger partial charge on any atom is 0.130 e. The summed E-state index contributed by atoms with van der Waals surface area (Å²) in [6.45, 7) is 6.48. The Hall–Kier alpha value is -0.383. The van der Waals surface area contributed by atoms with E-state index in [1.54, 1.807) is 7.11 Å². The van der Waals surface area contributed by atoms with Crippen LogP contribution >= 0.6 is 0 Å². The highest BCUT2D eigenvalue weighted by molar-refractivity contribution is 6.77. The first-order valence-electron chi connectivity index (χ1n) is 4.76. The van der Waals surface area contributed by atoms with Crippen LogP contribution in [-0.2, 0) is 4.74 Å². The number of allylic oxidation sites excluding steroid dienone is 4. The zero-order valence-electron chi connectivity index (χ0n) is 8.71. The molecule has 0 heterocycles. The van der Waals surface area contributed by atoms with Crippen LogP contribution in [0.15, 0.2) is 24.3 Å². The predicted molar refractivity (Wildman–Crippen MR) is 59.4 cm³/mol. The summed E-state index contributed by atoms with van der Waals surface area (Å²) in [7, 11) is 0.431. The summed E-state index contributed by atoms with van der Waals surface area (Å²) >= 11 is 0. The lowest BCUT2D eigenvalue weighted by atomic mass is 10.5. The molecule has 0 aromatic rings. The fourth-order valence-electron chi connectivity index (χ4n) is 1.51. The molecule has 0 aliphatic heterocycles. The quantitative estimate of drug-likeness (QED) is 0.537. The molecule has 1 aliphatic rings. The van der Waals surface area contributed by atoms with Gasteiger partial charge < -0.3 is 9.72 Å². The molecule has 1 N–H and O–H groups in total. The zero-order chi connectivity index (χ0) is 9.73. The number of rotatable bonds is 5. The Morgan fingerprint density at radius 1 is 1.31 bits per heavy atom. The van der Waals surface area contributed by atoms with Crippen LogP contribution in [0.25, 0.3) is 0 Å². The van der Waals surface area contributed by atoms with Crippen molar-refractivity contribution in [1.29, 1.82) is 0 Å². The van der Waals surface area contributed by atoms with Crippen molar-refractivity contribution in [3.05, 3.63) is 24.3 Å². The molecular formula is C10H19NOSi. The smallest absolute Gasteiger partial charge is 0.130 e. The largest absolute Gasteiger partial charge is 0.383 e. The molecular weight excluding hydrogens is 178 g/mol. The molecule has 0 aromatic heterocycles. The van der Waals surface area contributed by atoms with Crippen LogP contribution in [0.4, 0.5) is 0 Å². The molecule has 0 unspecified atom stereocenters. The average molecular weight is 197 g/mol.